The van der Waals surface area contributed by atoms with Gasteiger partial charge in [-0.05, 0) is 26.2 Å². The molecule has 0 aromatic carbocycles. The van der Waals surface area contributed by atoms with E-state index in [0.717, 1.165) is 0 Å². The van der Waals surface area contributed by atoms with Crippen LogP contribution < -0.4 is 0 Å². The van der Waals surface area contributed by atoms with Gasteiger partial charge in [0.1, 0.15) is 12.1 Å². The minimum absolute atomic E-state index is 0.276. The number of hydrogen-bond donors (Lipinski definition) is 1. The molecular weight excluding hydrogens is 318 g/mol. The van der Waals surface area contributed by atoms with Crippen LogP contribution in [0.5, 0.6) is 0 Å². The van der Waals surface area contributed by atoms with E-state index in [4.69, 9.17) is 0 Å². The number of unbranched alkanes of at least 4 members (excludes halogenated alkanes) is 12. The van der Waals surface area contributed by atoms with Crippen LogP contribution in [-0.2, 0) is 0 Å². The third-order valence-electron chi connectivity index (χ3n) is 6.93. The van der Waals surface area contributed by atoms with Crippen molar-refractivity contribution < 1.29 is 9.85 Å². The second kappa shape index (κ2) is 14.9. The second-order valence-corrected chi connectivity index (χ2v) is 9.27. The first kappa shape index (κ1) is 24.0. The highest BCUT2D eigenvalue weighted by Gasteiger charge is 2.37. The maximum atomic E-state index is 10.9. The molecule has 2 atom stereocenters. The number of hydroxylamine groups is 3. The smallest absolute Gasteiger partial charge is 0.119 e. The van der Waals surface area contributed by atoms with Crippen LogP contribution in [0.3, 0.4) is 0 Å². The molecule has 1 fully saturated rings. The lowest BCUT2D eigenvalue weighted by molar-refractivity contribution is -1.12. The molecule has 0 spiro atoms. The summed E-state index contributed by atoms with van der Waals surface area (Å²) in [6.07, 6.45) is 26.0. The van der Waals surface area contributed by atoms with E-state index in [2.05, 4.69) is 20.9 Å². The molecule has 0 aliphatic heterocycles. The van der Waals surface area contributed by atoms with Crippen molar-refractivity contribution in [1.29, 1.82) is 0 Å². The van der Waals surface area contributed by atoms with Crippen LogP contribution in [0.25, 0.3) is 0 Å². The molecule has 2 heteroatoms. The number of rotatable bonds is 16. The summed E-state index contributed by atoms with van der Waals surface area (Å²) >= 11 is 0. The maximum absolute atomic E-state index is 10.9. The Kier molecular flexibility index (Phi) is 13.7. The van der Waals surface area contributed by atoms with Crippen molar-refractivity contribution in [3.05, 3.63) is 0 Å². The molecule has 0 bridgehead atoms. The Bertz CT molecular complexity index is 309. The molecule has 1 N–H and O–H groups in total. The molecule has 0 aromatic rings. The van der Waals surface area contributed by atoms with Crippen LogP contribution in [0.4, 0.5) is 0 Å². The number of nitrogens with zero attached hydrogens (tertiary/aromatic N) is 1. The molecule has 26 heavy (non-hydrogen) atoms. The molecule has 1 aliphatic rings. The van der Waals surface area contributed by atoms with Crippen molar-refractivity contribution in [1.82, 2.24) is 0 Å². The van der Waals surface area contributed by atoms with Gasteiger partial charge in [-0.3, -0.25) is 0 Å². The van der Waals surface area contributed by atoms with Crippen LogP contribution in [0, 0.1) is 0 Å². The van der Waals surface area contributed by atoms with Crippen molar-refractivity contribution in [3.63, 3.8) is 0 Å². The largest absolute Gasteiger partial charge is 0.217 e. The maximum Gasteiger partial charge on any atom is 0.119 e. The Balaban J connectivity index is 1.92. The van der Waals surface area contributed by atoms with Gasteiger partial charge < -0.3 is 0 Å². The van der Waals surface area contributed by atoms with E-state index < -0.39 is 0 Å². The molecular formula is C24H50NO+. The summed E-state index contributed by atoms with van der Waals surface area (Å²) in [6, 6.07) is 0.881. The zero-order valence-corrected chi connectivity index (χ0v) is 18.5. The fourth-order valence-electron chi connectivity index (χ4n) is 4.68. The zero-order chi connectivity index (χ0) is 19.1. The van der Waals surface area contributed by atoms with Crippen molar-refractivity contribution in [3.8, 4) is 0 Å². The fourth-order valence-corrected chi connectivity index (χ4v) is 4.68. The van der Waals surface area contributed by atoms with Gasteiger partial charge in [0, 0.05) is 19.3 Å². The lowest BCUT2D eigenvalue weighted by Gasteiger charge is -2.40. The quantitative estimate of drug-likeness (QED) is 0.166. The fraction of sp³-hybridized carbons (Fsp3) is 1.00. The van der Waals surface area contributed by atoms with Crippen LogP contribution in [-0.4, -0.2) is 29.0 Å². The summed E-state index contributed by atoms with van der Waals surface area (Å²) in [5, 5.41) is 10.9. The van der Waals surface area contributed by atoms with Gasteiger partial charge in [0.25, 0.3) is 0 Å². The first-order valence-corrected chi connectivity index (χ1v) is 12.2. The molecule has 2 unspecified atom stereocenters. The first-order valence-electron chi connectivity index (χ1n) is 12.2. The number of quaternary nitrogens is 1. The van der Waals surface area contributed by atoms with Gasteiger partial charge in [0.2, 0.25) is 0 Å². The molecule has 0 amide bonds. The van der Waals surface area contributed by atoms with Gasteiger partial charge in [-0.1, -0.05) is 90.4 Å². The second-order valence-electron chi connectivity index (χ2n) is 9.27. The average molecular weight is 369 g/mol. The summed E-state index contributed by atoms with van der Waals surface area (Å²) < 4.78 is 0.276. The van der Waals surface area contributed by atoms with Crippen molar-refractivity contribution >= 4 is 0 Å². The molecule has 2 nitrogen and oxygen atoms in total. The number of hydrogen-bond acceptors (Lipinski definition) is 1. The summed E-state index contributed by atoms with van der Waals surface area (Å²) in [6.45, 7) is 4.55. The van der Waals surface area contributed by atoms with Gasteiger partial charge >= 0.3 is 0 Å². The highest BCUT2D eigenvalue weighted by Crippen LogP contribution is 2.29. The predicted octanol–water partition coefficient (Wildman–Crippen LogP) is 8.02. The monoisotopic (exact) mass is 368 g/mol. The lowest BCUT2D eigenvalue weighted by Crippen LogP contribution is -2.55. The Hall–Kier alpha value is -0.0800. The molecule has 156 valence electrons. The van der Waals surface area contributed by atoms with E-state index in [0.29, 0.717) is 12.1 Å². The van der Waals surface area contributed by atoms with Gasteiger partial charge in [-0.2, -0.15) is 4.65 Å². The standard InChI is InChI=1S/C24H50NO/c1-4-5-6-7-8-9-10-11-12-13-14-15-17-20-23(2)25(3,26)24-21-18-16-19-22-24/h23-24,26H,4-22H2,1-3H3/q+1. The van der Waals surface area contributed by atoms with Crippen molar-refractivity contribution in [2.24, 2.45) is 0 Å². The van der Waals surface area contributed by atoms with Gasteiger partial charge in [-0.15, -0.1) is 0 Å². The Morgan fingerprint density at radius 1 is 0.731 bits per heavy atom. The van der Waals surface area contributed by atoms with Crippen LogP contribution in [0.2, 0.25) is 0 Å². The van der Waals surface area contributed by atoms with Crippen LogP contribution >= 0.6 is 0 Å². The van der Waals surface area contributed by atoms with Crippen molar-refractivity contribution in [2.75, 3.05) is 7.05 Å². The Morgan fingerprint density at radius 3 is 1.62 bits per heavy atom. The zero-order valence-electron chi connectivity index (χ0n) is 18.5. The highest BCUT2D eigenvalue weighted by atomic mass is 16.5. The molecule has 1 rings (SSSR count). The summed E-state index contributed by atoms with van der Waals surface area (Å²) in [5.41, 5.74) is 0. The van der Waals surface area contributed by atoms with E-state index in [1.165, 1.54) is 122 Å². The topological polar surface area (TPSA) is 20.2 Å². The lowest BCUT2D eigenvalue weighted by atomic mass is 9.92. The van der Waals surface area contributed by atoms with E-state index in [9.17, 15) is 5.21 Å². The van der Waals surface area contributed by atoms with Crippen LogP contribution in [0.1, 0.15) is 136 Å². The molecule has 1 saturated carbocycles. The third-order valence-corrected chi connectivity index (χ3v) is 6.93. The van der Waals surface area contributed by atoms with Gasteiger partial charge in [-0.25, -0.2) is 5.21 Å². The van der Waals surface area contributed by atoms with Gasteiger partial charge in [0.05, 0.1) is 7.05 Å². The molecule has 0 heterocycles. The summed E-state index contributed by atoms with van der Waals surface area (Å²) in [7, 11) is 2.06. The SMILES string of the molecule is CCCCCCCCCCCCCCCC(C)[N+](C)(O)C1CCCCC1. The summed E-state index contributed by atoms with van der Waals surface area (Å²) in [4.78, 5) is 0. The van der Waals surface area contributed by atoms with Crippen LogP contribution in [0.15, 0.2) is 0 Å². The van der Waals surface area contributed by atoms with Gasteiger partial charge in [0.15, 0.2) is 0 Å². The molecule has 0 radical (unpaired) electrons. The normalized spacial score (nSPS) is 19.4. The first-order chi connectivity index (χ1) is 12.6. The van der Waals surface area contributed by atoms with Crippen molar-refractivity contribution in [2.45, 2.75) is 148 Å². The third kappa shape index (κ3) is 10.3. The Morgan fingerprint density at radius 2 is 1.15 bits per heavy atom. The molecule has 1 aliphatic carbocycles. The Labute approximate surface area is 165 Å². The van der Waals surface area contributed by atoms with E-state index in [1.807, 2.05) is 0 Å². The minimum atomic E-state index is 0.276. The summed E-state index contributed by atoms with van der Waals surface area (Å²) in [5.74, 6) is 0. The highest BCUT2D eigenvalue weighted by molar-refractivity contribution is 4.67. The molecule has 0 saturated heterocycles. The van der Waals surface area contributed by atoms with E-state index in [-0.39, 0.29) is 4.65 Å². The van der Waals surface area contributed by atoms with E-state index in [1.54, 1.807) is 0 Å². The predicted molar refractivity (Wildman–Crippen MR) is 115 cm³/mol. The van der Waals surface area contributed by atoms with E-state index >= 15 is 0 Å². The minimum Gasteiger partial charge on any atom is -0.217 e. The average Bonchev–Trinajstić information content (AvgIpc) is 2.66. The molecule has 0 aromatic heterocycles.